The summed E-state index contributed by atoms with van der Waals surface area (Å²) in [7, 11) is 0. The topological polar surface area (TPSA) is 90.5 Å². The Morgan fingerprint density at radius 1 is 1.00 bits per heavy atom. The van der Waals surface area contributed by atoms with Gasteiger partial charge in [-0.2, -0.15) is 13.2 Å². The zero-order valence-corrected chi connectivity index (χ0v) is 18.8. The lowest BCUT2D eigenvalue weighted by atomic mass is 10.1. The van der Waals surface area contributed by atoms with Crippen LogP contribution in [-0.4, -0.2) is 35.1 Å². The second-order valence-electron chi connectivity index (χ2n) is 7.65. The minimum Gasteiger partial charge on any atom is -0.493 e. The van der Waals surface area contributed by atoms with Crippen molar-refractivity contribution in [1.29, 1.82) is 0 Å². The molecule has 3 N–H and O–H groups in total. The minimum absolute atomic E-state index is 0.0282. The van der Waals surface area contributed by atoms with Crippen LogP contribution in [0, 0.1) is 11.6 Å². The van der Waals surface area contributed by atoms with Gasteiger partial charge in [-0.3, -0.25) is 0 Å². The molecule has 1 heterocycles. The number of halogens is 5. The summed E-state index contributed by atoms with van der Waals surface area (Å²) in [6, 6.07) is 6.87. The number of ether oxygens (including phenoxy) is 2. The summed E-state index contributed by atoms with van der Waals surface area (Å²) in [5, 5.41) is 17.6. The van der Waals surface area contributed by atoms with Crippen LogP contribution in [0.2, 0.25) is 0 Å². The van der Waals surface area contributed by atoms with Crippen molar-refractivity contribution in [3.63, 3.8) is 0 Å². The number of unbranched alkanes of at least 4 members (excludes halogenated alkanes) is 1. The molecule has 0 fully saturated rings. The number of aliphatic hydroxyl groups excluding tert-OH is 1. The number of aromatic nitrogens is 2. The third-order valence-corrected chi connectivity index (χ3v) is 5.99. The summed E-state index contributed by atoms with van der Waals surface area (Å²) in [4.78, 5) is 0. The number of aliphatic hydroxyl groups is 1. The molecule has 3 rings (SSSR count). The van der Waals surface area contributed by atoms with E-state index in [4.69, 9.17) is 15.2 Å². The standard InChI is InChI=1S/C22H22F5N3O3S/c1-21(28,12-31)20-30-29-19(34-20)13-7-8-17(14(11-13)22(25,26)27)32-9-2-3-10-33-18-15(23)5-4-6-16(18)24/h4-8,11,31H,2-3,9-10,12,28H2,1H3. The highest BCUT2D eigenvalue weighted by Crippen LogP contribution is 2.40. The lowest BCUT2D eigenvalue weighted by Crippen LogP contribution is -2.36. The van der Waals surface area contributed by atoms with Crippen LogP contribution in [0.25, 0.3) is 10.6 Å². The molecule has 0 radical (unpaired) electrons. The van der Waals surface area contributed by atoms with Crippen molar-refractivity contribution < 1.29 is 36.5 Å². The first-order valence-corrected chi connectivity index (χ1v) is 11.0. The van der Waals surface area contributed by atoms with E-state index in [9.17, 15) is 27.1 Å². The van der Waals surface area contributed by atoms with Gasteiger partial charge in [-0.25, -0.2) is 8.78 Å². The van der Waals surface area contributed by atoms with Crippen LogP contribution in [0.4, 0.5) is 22.0 Å². The second kappa shape index (κ2) is 10.6. The molecule has 1 unspecified atom stereocenters. The number of nitrogens with two attached hydrogens (primary N) is 1. The van der Waals surface area contributed by atoms with Gasteiger partial charge in [0, 0.05) is 5.56 Å². The molecule has 6 nitrogen and oxygen atoms in total. The Morgan fingerprint density at radius 3 is 2.26 bits per heavy atom. The number of para-hydroxylation sites is 1. The molecular weight excluding hydrogens is 481 g/mol. The van der Waals surface area contributed by atoms with Gasteiger partial charge in [0.1, 0.15) is 15.8 Å². The molecular formula is C22H22F5N3O3S. The van der Waals surface area contributed by atoms with Crippen molar-refractivity contribution >= 4 is 11.3 Å². The lowest BCUT2D eigenvalue weighted by molar-refractivity contribution is -0.138. The number of benzene rings is 2. The Bertz CT molecular complexity index is 1100. The summed E-state index contributed by atoms with van der Waals surface area (Å²) in [5.74, 6) is -2.52. The first-order valence-electron chi connectivity index (χ1n) is 10.2. The molecule has 3 aromatic rings. The largest absolute Gasteiger partial charge is 0.493 e. The Labute approximate surface area is 196 Å². The first-order chi connectivity index (χ1) is 16.0. The molecule has 0 amide bonds. The van der Waals surface area contributed by atoms with Gasteiger partial charge in [-0.1, -0.05) is 17.4 Å². The Balaban J connectivity index is 1.62. The van der Waals surface area contributed by atoms with E-state index >= 15 is 0 Å². The molecule has 0 aliphatic carbocycles. The summed E-state index contributed by atoms with van der Waals surface area (Å²) in [5.41, 5.74) is 3.94. The van der Waals surface area contributed by atoms with E-state index in [1.807, 2.05) is 0 Å². The van der Waals surface area contributed by atoms with Crippen LogP contribution in [0.5, 0.6) is 11.5 Å². The van der Waals surface area contributed by atoms with E-state index in [1.165, 1.54) is 25.1 Å². The molecule has 0 saturated carbocycles. The van der Waals surface area contributed by atoms with Crippen molar-refractivity contribution in [2.45, 2.75) is 31.5 Å². The van der Waals surface area contributed by atoms with Crippen molar-refractivity contribution in [2.24, 2.45) is 5.73 Å². The third-order valence-electron chi connectivity index (χ3n) is 4.74. The monoisotopic (exact) mass is 503 g/mol. The van der Waals surface area contributed by atoms with Crippen LogP contribution in [0.15, 0.2) is 36.4 Å². The summed E-state index contributed by atoms with van der Waals surface area (Å²) >= 11 is 0.987. The van der Waals surface area contributed by atoms with Crippen molar-refractivity contribution in [1.82, 2.24) is 10.2 Å². The predicted octanol–water partition coefficient (Wildman–Crippen LogP) is 4.91. The molecule has 0 aliphatic rings. The van der Waals surface area contributed by atoms with Gasteiger partial charge in [-0.15, -0.1) is 10.2 Å². The normalized spacial score (nSPS) is 13.5. The average molecular weight is 503 g/mol. The molecule has 0 spiro atoms. The molecule has 184 valence electrons. The Kier molecular flexibility index (Phi) is 8.05. The van der Waals surface area contributed by atoms with E-state index in [0.29, 0.717) is 12.8 Å². The first kappa shape index (κ1) is 25.8. The maximum absolute atomic E-state index is 13.6. The third kappa shape index (κ3) is 6.19. The molecule has 0 saturated heterocycles. The zero-order valence-electron chi connectivity index (χ0n) is 18.0. The van der Waals surface area contributed by atoms with E-state index < -0.39 is 41.3 Å². The molecule has 0 aliphatic heterocycles. The Morgan fingerprint density at radius 2 is 1.65 bits per heavy atom. The van der Waals surface area contributed by atoms with Gasteiger partial charge in [0.05, 0.1) is 30.9 Å². The number of alkyl halides is 3. The van der Waals surface area contributed by atoms with Crippen LogP contribution in [0.3, 0.4) is 0 Å². The van der Waals surface area contributed by atoms with Gasteiger partial charge < -0.3 is 20.3 Å². The van der Waals surface area contributed by atoms with E-state index in [-0.39, 0.29) is 34.5 Å². The Hall–Kier alpha value is -2.83. The van der Waals surface area contributed by atoms with Crippen LogP contribution < -0.4 is 15.2 Å². The fraction of sp³-hybridized carbons (Fsp3) is 0.364. The SMILES string of the molecule is CC(N)(CO)c1nnc(-c2ccc(OCCCCOc3c(F)cccc3F)c(C(F)(F)F)c2)s1. The second-order valence-corrected chi connectivity index (χ2v) is 8.63. The quantitative estimate of drug-likeness (QED) is 0.302. The van der Waals surface area contributed by atoms with Gasteiger partial charge in [-0.05, 0) is 50.1 Å². The number of nitrogens with zero attached hydrogens (tertiary/aromatic N) is 2. The van der Waals surface area contributed by atoms with Crippen molar-refractivity contribution in [3.05, 3.63) is 58.6 Å². The van der Waals surface area contributed by atoms with Crippen molar-refractivity contribution in [2.75, 3.05) is 19.8 Å². The van der Waals surface area contributed by atoms with E-state index in [1.54, 1.807) is 0 Å². The summed E-state index contributed by atoms with van der Waals surface area (Å²) in [6.45, 7) is 1.05. The maximum Gasteiger partial charge on any atom is 0.419 e. The van der Waals surface area contributed by atoms with Gasteiger partial charge in [0.2, 0.25) is 0 Å². The summed E-state index contributed by atoms with van der Waals surface area (Å²) < 4.78 is 78.3. The van der Waals surface area contributed by atoms with Crippen LogP contribution >= 0.6 is 11.3 Å². The van der Waals surface area contributed by atoms with Gasteiger partial charge in [0.15, 0.2) is 17.4 Å². The highest BCUT2D eigenvalue weighted by Gasteiger charge is 2.35. The van der Waals surface area contributed by atoms with Gasteiger partial charge in [0.25, 0.3) is 0 Å². The molecule has 1 atom stereocenters. The average Bonchev–Trinajstić information content (AvgIpc) is 3.28. The highest BCUT2D eigenvalue weighted by atomic mass is 32.1. The number of hydrogen-bond donors (Lipinski definition) is 2. The zero-order chi connectivity index (χ0) is 24.9. The fourth-order valence-corrected chi connectivity index (χ4v) is 3.72. The smallest absolute Gasteiger partial charge is 0.419 e. The molecule has 12 heteroatoms. The highest BCUT2D eigenvalue weighted by molar-refractivity contribution is 7.14. The molecule has 34 heavy (non-hydrogen) atoms. The number of rotatable bonds is 10. The fourth-order valence-electron chi connectivity index (χ4n) is 2.83. The number of hydrogen-bond acceptors (Lipinski definition) is 7. The van der Waals surface area contributed by atoms with Crippen molar-refractivity contribution in [3.8, 4) is 22.1 Å². The summed E-state index contributed by atoms with van der Waals surface area (Å²) in [6.07, 6.45) is -4.08. The lowest BCUT2D eigenvalue weighted by Gasteiger charge is -2.17. The van der Waals surface area contributed by atoms with E-state index in [0.717, 1.165) is 29.5 Å². The predicted molar refractivity (Wildman–Crippen MR) is 116 cm³/mol. The molecule has 1 aromatic heterocycles. The minimum atomic E-state index is -4.68. The van der Waals surface area contributed by atoms with Gasteiger partial charge >= 0.3 is 6.18 Å². The van der Waals surface area contributed by atoms with E-state index in [2.05, 4.69) is 10.2 Å². The molecule has 0 bridgehead atoms. The maximum atomic E-state index is 13.6. The van der Waals surface area contributed by atoms with Crippen LogP contribution in [0.1, 0.15) is 30.3 Å². The van der Waals surface area contributed by atoms with Crippen LogP contribution in [-0.2, 0) is 11.7 Å². The molecule has 2 aromatic carbocycles.